The molecular formula is C24H21NO6. The lowest BCUT2D eigenvalue weighted by molar-refractivity contribution is -0.145. The highest BCUT2D eigenvalue weighted by atomic mass is 16.5. The van der Waals surface area contributed by atoms with Crippen molar-refractivity contribution >= 4 is 33.8 Å². The number of methoxy groups -OCH3 is 1. The molecule has 0 saturated carbocycles. The number of hydrogen-bond donors (Lipinski definition) is 0. The molecule has 0 aliphatic carbocycles. The molecule has 0 fully saturated rings. The van der Waals surface area contributed by atoms with E-state index in [1.165, 1.54) is 13.2 Å². The zero-order valence-corrected chi connectivity index (χ0v) is 17.4. The number of aromatic nitrogens is 1. The van der Waals surface area contributed by atoms with E-state index in [4.69, 9.17) is 13.9 Å². The Kier molecular flexibility index (Phi) is 5.33. The lowest BCUT2D eigenvalue weighted by atomic mass is 10.0. The Bertz CT molecular complexity index is 1380. The molecule has 2 heterocycles. The second kappa shape index (κ2) is 8.10. The summed E-state index contributed by atoms with van der Waals surface area (Å²) < 4.78 is 17.2. The first kappa shape index (κ1) is 20.4. The van der Waals surface area contributed by atoms with Crippen LogP contribution in [0.4, 0.5) is 0 Å². The zero-order chi connectivity index (χ0) is 22.1. The number of carbonyl (C=O) groups is 2. The minimum absolute atomic E-state index is 0.0630. The van der Waals surface area contributed by atoms with E-state index >= 15 is 0 Å². The van der Waals surface area contributed by atoms with Crippen LogP contribution in [0.15, 0.2) is 57.9 Å². The largest absolute Gasteiger partial charge is 0.465 e. The normalized spacial score (nSPS) is 11.1. The molecule has 0 spiro atoms. The van der Waals surface area contributed by atoms with Gasteiger partial charge in [0, 0.05) is 34.1 Å². The number of rotatable bonds is 5. The predicted molar refractivity (Wildman–Crippen MR) is 115 cm³/mol. The van der Waals surface area contributed by atoms with Crippen LogP contribution in [0.3, 0.4) is 0 Å². The molecule has 0 amide bonds. The summed E-state index contributed by atoms with van der Waals surface area (Å²) in [6.45, 7) is 3.75. The molecule has 0 N–H and O–H groups in total. The maximum absolute atomic E-state index is 12.6. The molecular weight excluding hydrogens is 398 g/mol. The number of ether oxygens (including phenoxy) is 2. The number of carbonyl (C=O) groups excluding carboxylic acids is 2. The van der Waals surface area contributed by atoms with Crippen molar-refractivity contribution in [3.05, 3.63) is 81.3 Å². The van der Waals surface area contributed by atoms with Crippen LogP contribution in [0.2, 0.25) is 0 Å². The van der Waals surface area contributed by atoms with Crippen molar-refractivity contribution in [2.45, 2.75) is 27.0 Å². The second-order valence-electron chi connectivity index (χ2n) is 7.36. The average molecular weight is 419 g/mol. The van der Waals surface area contributed by atoms with Gasteiger partial charge in [0.2, 0.25) is 0 Å². The van der Waals surface area contributed by atoms with Crippen LogP contribution >= 0.6 is 0 Å². The SMILES string of the molecule is COC(=O)c1cn(CC(=O)OCc2cc(=O)oc3cc(C)c(C)cc23)c2ccccc12. The molecule has 0 bridgehead atoms. The van der Waals surface area contributed by atoms with E-state index in [1.807, 2.05) is 38.1 Å². The topological polar surface area (TPSA) is 87.7 Å². The number of para-hydroxylation sites is 1. The first-order chi connectivity index (χ1) is 14.9. The van der Waals surface area contributed by atoms with E-state index < -0.39 is 17.6 Å². The summed E-state index contributed by atoms with van der Waals surface area (Å²) in [6, 6.07) is 12.3. The lowest BCUT2D eigenvalue weighted by Crippen LogP contribution is -2.14. The number of benzene rings is 2. The van der Waals surface area contributed by atoms with Gasteiger partial charge in [-0.25, -0.2) is 9.59 Å². The van der Waals surface area contributed by atoms with Gasteiger partial charge in [-0.1, -0.05) is 18.2 Å². The molecule has 0 radical (unpaired) electrons. The van der Waals surface area contributed by atoms with Gasteiger partial charge in [0.15, 0.2) is 0 Å². The van der Waals surface area contributed by atoms with Crippen molar-refractivity contribution in [2.75, 3.05) is 7.11 Å². The summed E-state index contributed by atoms with van der Waals surface area (Å²) in [5, 5.41) is 1.43. The molecule has 7 heteroatoms. The summed E-state index contributed by atoms with van der Waals surface area (Å²) in [6.07, 6.45) is 1.58. The maximum Gasteiger partial charge on any atom is 0.340 e. The highest BCUT2D eigenvalue weighted by Gasteiger charge is 2.17. The number of esters is 2. The third-order valence-electron chi connectivity index (χ3n) is 5.33. The predicted octanol–water partition coefficient (Wildman–Crippen LogP) is 3.89. The lowest BCUT2D eigenvalue weighted by Gasteiger charge is -2.10. The quantitative estimate of drug-likeness (QED) is 0.360. The molecule has 0 aliphatic heterocycles. The highest BCUT2D eigenvalue weighted by molar-refractivity contribution is 6.04. The molecule has 0 unspecified atom stereocenters. The third kappa shape index (κ3) is 3.94. The first-order valence-corrected chi connectivity index (χ1v) is 9.73. The van der Waals surface area contributed by atoms with Gasteiger partial charge < -0.3 is 18.5 Å². The number of fused-ring (bicyclic) bond motifs is 2. The summed E-state index contributed by atoms with van der Waals surface area (Å²) >= 11 is 0. The van der Waals surface area contributed by atoms with E-state index in [2.05, 4.69) is 0 Å². The molecule has 0 atom stereocenters. The Morgan fingerprint density at radius 3 is 2.55 bits per heavy atom. The van der Waals surface area contributed by atoms with Crippen molar-refractivity contribution in [2.24, 2.45) is 0 Å². The van der Waals surface area contributed by atoms with Gasteiger partial charge in [0.25, 0.3) is 0 Å². The van der Waals surface area contributed by atoms with E-state index in [1.54, 1.807) is 22.9 Å². The highest BCUT2D eigenvalue weighted by Crippen LogP contribution is 2.24. The fraction of sp³-hybridized carbons (Fsp3) is 0.208. The fourth-order valence-corrected chi connectivity index (χ4v) is 3.60. The molecule has 7 nitrogen and oxygen atoms in total. The van der Waals surface area contributed by atoms with E-state index in [0.717, 1.165) is 22.0 Å². The van der Waals surface area contributed by atoms with Gasteiger partial charge in [0.1, 0.15) is 18.7 Å². The Balaban J connectivity index is 1.58. The maximum atomic E-state index is 12.6. The monoisotopic (exact) mass is 419 g/mol. The van der Waals surface area contributed by atoms with Crippen molar-refractivity contribution < 1.29 is 23.5 Å². The summed E-state index contributed by atoms with van der Waals surface area (Å²) in [7, 11) is 1.31. The molecule has 2 aromatic heterocycles. The molecule has 0 saturated heterocycles. The summed E-state index contributed by atoms with van der Waals surface area (Å²) in [5.74, 6) is -0.973. The van der Waals surface area contributed by atoms with Crippen LogP contribution in [0, 0.1) is 13.8 Å². The minimum Gasteiger partial charge on any atom is -0.465 e. The van der Waals surface area contributed by atoms with Gasteiger partial charge in [-0.3, -0.25) is 4.79 Å². The minimum atomic E-state index is -0.499. The smallest absolute Gasteiger partial charge is 0.340 e. The molecule has 4 aromatic rings. The molecule has 0 aliphatic rings. The van der Waals surface area contributed by atoms with Crippen molar-refractivity contribution in [1.82, 2.24) is 4.57 Å². The van der Waals surface area contributed by atoms with Gasteiger partial charge in [-0.05, 0) is 43.2 Å². The zero-order valence-electron chi connectivity index (χ0n) is 17.4. The van der Waals surface area contributed by atoms with Gasteiger partial charge in [-0.15, -0.1) is 0 Å². The fourth-order valence-electron chi connectivity index (χ4n) is 3.60. The molecule has 158 valence electrons. The number of hydrogen-bond acceptors (Lipinski definition) is 6. The number of nitrogens with zero attached hydrogens (tertiary/aromatic N) is 1. The van der Waals surface area contributed by atoms with Gasteiger partial charge in [0.05, 0.1) is 12.7 Å². The Morgan fingerprint density at radius 1 is 1.03 bits per heavy atom. The Morgan fingerprint density at radius 2 is 1.77 bits per heavy atom. The number of aryl methyl sites for hydroxylation is 2. The van der Waals surface area contributed by atoms with Crippen molar-refractivity contribution in [3.8, 4) is 0 Å². The molecule has 4 rings (SSSR count). The average Bonchev–Trinajstić information content (AvgIpc) is 3.11. The van der Waals surface area contributed by atoms with Crippen molar-refractivity contribution in [1.29, 1.82) is 0 Å². The molecule has 31 heavy (non-hydrogen) atoms. The van der Waals surface area contributed by atoms with Gasteiger partial charge in [-0.2, -0.15) is 0 Å². The Labute approximate surface area is 177 Å². The van der Waals surface area contributed by atoms with E-state index in [9.17, 15) is 14.4 Å². The van der Waals surface area contributed by atoms with E-state index in [0.29, 0.717) is 22.1 Å². The van der Waals surface area contributed by atoms with Crippen LogP contribution in [-0.2, 0) is 27.4 Å². The third-order valence-corrected chi connectivity index (χ3v) is 5.33. The second-order valence-corrected chi connectivity index (χ2v) is 7.36. The van der Waals surface area contributed by atoms with E-state index in [-0.39, 0.29) is 13.2 Å². The van der Waals surface area contributed by atoms with Crippen LogP contribution in [0.25, 0.3) is 21.9 Å². The van der Waals surface area contributed by atoms with Crippen LogP contribution in [0.5, 0.6) is 0 Å². The summed E-state index contributed by atoms with van der Waals surface area (Å²) in [5.41, 5.74) is 3.69. The van der Waals surface area contributed by atoms with Crippen LogP contribution in [-0.4, -0.2) is 23.6 Å². The molecule has 2 aromatic carbocycles. The standard InChI is InChI=1S/C24H21NO6/c1-14-8-18-16(10-22(26)31-21(18)9-15(14)2)13-30-23(27)12-25-11-19(24(28)29-3)17-6-4-5-7-20(17)25/h4-11H,12-13H2,1-3H3. The van der Waals surface area contributed by atoms with Crippen molar-refractivity contribution in [3.63, 3.8) is 0 Å². The van der Waals surface area contributed by atoms with Crippen LogP contribution < -0.4 is 5.63 Å². The summed E-state index contributed by atoms with van der Waals surface area (Å²) in [4.78, 5) is 36.5. The first-order valence-electron chi connectivity index (χ1n) is 9.73. The van der Waals surface area contributed by atoms with Gasteiger partial charge >= 0.3 is 17.6 Å². The van der Waals surface area contributed by atoms with Crippen LogP contribution in [0.1, 0.15) is 27.0 Å². The Hall–Kier alpha value is -3.87.